The second-order valence-corrected chi connectivity index (χ2v) is 5.37. The van der Waals surface area contributed by atoms with Crippen LogP contribution in [0.5, 0.6) is 5.75 Å². The Morgan fingerprint density at radius 2 is 2.00 bits per heavy atom. The number of esters is 1. The third-order valence-corrected chi connectivity index (χ3v) is 3.74. The summed E-state index contributed by atoms with van der Waals surface area (Å²) in [4.78, 5) is 23.9. The van der Waals surface area contributed by atoms with E-state index in [0.29, 0.717) is 28.0 Å². The number of carbonyl (C=O) groups is 1. The summed E-state index contributed by atoms with van der Waals surface area (Å²) in [6, 6.07) is 7.76. The number of rotatable bonds is 5. The van der Waals surface area contributed by atoms with E-state index < -0.39 is 11.6 Å². The Morgan fingerprint density at radius 3 is 2.68 bits per heavy atom. The molecule has 0 radical (unpaired) electrons. The molecule has 0 saturated carbocycles. The van der Waals surface area contributed by atoms with Crippen LogP contribution in [-0.2, 0) is 18.0 Å². The highest BCUT2D eigenvalue weighted by molar-refractivity contribution is 5.91. The summed E-state index contributed by atoms with van der Waals surface area (Å²) in [5, 5.41) is 9.70. The zero-order chi connectivity index (χ0) is 18.0. The zero-order valence-electron chi connectivity index (χ0n) is 13.7. The molecule has 0 fully saturated rings. The molecule has 0 unspecified atom stereocenters. The van der Waals surface area contributed by atoms with E-state index in [1.807, 2.05) is 0 Å². The fourth-order valence-corrected chi connectivity index (χ4v) is 2.50. The number of hydrogen-bond acceptors (Lipinski definition) is 7. The molecular formula is C18H16O7. The minimum atomic E-state index is -0.601. The molecule has 0 atom stereocenters. The summed E-state index contributed by atoms with van der Waals surface area (Å²) < 4.78 is 20.8. The van der Waals surface area contributed by atoms with Gasteiger partial charge in [0.2, 0.25) is 0 Å². The predicted octanol–water partition coefficient (Wildman–Crippen LogP) is 2.55. The molecule has 1 aromatic carbocycles. The maximum absolute atomic E-state index is 12.2. The molecule has 1 N–H and O–H groups in total. The monoisotopic (exact) mass is 344 g/mol. The number of carbonyl (C=O) groups excluding carboxylic acids is 1. The molecule has 25 heavy (non-hydrogen) atoms. The molecule has 0 aliphatic rings. The van der Waals surface area contributed by atoms with Gasteiger partial charge in [-0.3, -0.25) is 0 Å². The molecule has 3 aromatic rings. The summed E-state index contributed by atoms with van der Waals surface area (Å²) >= 11 is 0. The third-order valence-electron chi connectivity index (χ3n) is 3.74. The smallest absolute Gasteiger partial charge is 0.342 e. The molecule has 3 rings (SSSR count). The van der Waals surface area contributed by atoms with E-state index in [0.717, 1.165) is 0 Å². The Morgan fingerprint density at radius 1 is 1.20 bits per heavy atom. The number of ether oxygens (including phenoxy) is 2. The van der Waals surface area contributed by atoms with Gasteiger partial charge in [0.25, 0.3) is 0 Å². The molecule has 130 valence electrons. The van der Waals surface area contributed by atoms with Gasteiger partial charge in [0, 0.05) is 23.1 Å². The van der Waals surface area contributed by atoms with Crippen molar-refractivity contribution in [3.05, 3.63) is 63.4 Å². The lowest BCUT2D eigenvalue weighted by Crippen LogP contribution is -2.08. The lowest BCUT2D eigenvalue weighted by atomic mass is 10.1. The molecule has 0 aliphatic carbocycles. The Bertz CT molecular complexity index is 981. The Balaban J connectivity index is 1.86. The minimum absolute atomic E-state index is 0.105. The van der Waals surface area contributed by atoms with Crippen molar-refractivity contribution in [2.45, 2.75) is 20.1 Å². The van der Waals surface area contributed by atoms with Crippen LogP contribution in [-0.4, -0.2) is 18.2 Å². The van der Waals surface area contributed by atoms with Gasteiger partial charge < -0.3 is 23.4 Å². The number of aryl methyl sites for hydroxylation is 1. The van der Waals surface area contributed by atoms with Gasteiger partial charge >= 0.3 is 11.6 Å². The maximum Gasteiger partial charge on any atom is 0.342 e. The van der Waals surface area contributed by atoms with E-state index in [-0.39, 0.29) is 24.5 Å². The molecule has 2 heterocycles. The highest BCUT2D eigenvalue weighted by Gasteiger charge is 2.17. The fourth-order valence-electron chi connectivity index (χ4n) is 2.50. The van der Waals surface area contributed by atoms with Crippen LogP contribution in [0.3, 0.4) is 0 Å². The van der Waals surface area contributed by atoms with Crippen LogP contribution in [0, 0.1) is 6.92 Å². The zero-order valence-corrected chi connectivity index (χ0v) is 13.7. The van der Waals surface area contributed by atoms with Crippen LogP contribution in [0.4, 0.5) is 0 Å². The Hall–Kier alpha value is -3.06. The van der Waals surface area contributed by atoms with Gasteiger partial charge in [-0.05, 0) is 25.1 Å². The van der Waals surface area contributed by atoms with Crippen molar-refractivity contribution < 1.29 is 28.2 Å². The van der Waals surface area contributed by atoms with E-state index in [9.17, 15) is 9.59 Å². The van der Waals surface area contributed by atoms with Crippen LogP contribution < -0.4 is 10.4 Å². The first kappa shape index (κ1) is 16.8. The van der Waals surface area contributed by atoms with Crippen LogP contribution in [0.25, 0.3) is 11.0 Å². The van der Waals surface area contributed by atoms with E-state index in [1.165, 1.54) is 19.2 Å². The number of hydrogen-bond donors (Lipinski definition) is 1. The van der Waals surface area contributed by atoms with Gasteiger partial charge in [-0.2, -0.15) is 0 Å². The standard InChI is InChI=1S/C18H16O7/c1-10-15(6-13(8-19)24-10)18(21)23-9-11-5-17(20)25-16-7-12(22-2)3-4-14(11)16/h3-7,19H,8-9H2,1-2H3. The van der Waals surface area contributed by atoms with Gasteiger partial charge in [-0.15, -0.1) is 0 Å². The normalized spacial score (nSPS) is 10.8. The van der Waals surface area contributed by atoms with Crippen molar-refractivity contribution in [3.8, 4) is 5.75 Å². The van der Waals surface area contributed by atoms with E-state index in [2.05, 4.69) is 0 Å². The number of fused-ring (bicyclic) bond motifs is 1. The predicted molar refractivity (Wildman–Crippen MR) is 87.5 cm³/mol. The van der Waals surface area contributed by atoms with Crippen molar-refractivity contribution in [2.75, 3.05) is 7.11 Å². The van der Waals surface area contributed by atoms with Gasteiger partial charge in [-0.25, -0.2) is 9.59 Å². The van der Waals surface area contributed by atoms with Crippen LogP contribution in [0.1, 0.15) is 27.4 Å². The Labute approximate surface area is 142 Å². The molecule has 7 nitrogen and oxygen atoms in total. The van der Waals surface area contributed by atoms with E-state index >= 15 is 0 Å². The van der Waals surface area contributed by atoms with Crippen LogP contribution in [0.15, 0.2) is 44.0 Å². The Kier molecular flexibility index (Phi) is 4.58. The van der Waals surface area contributed by atoms with Gasteiger partial charge in [0.1, 0.15) is 41.6 Å². The number of aliphatic hydroxyl groups is 1. The SMILES string of the molecule is COc1ccc2c(COC(=O)c3cc(CO)oc3C)cc(=O)oc2c1. The summed E-state index contributed by atoms with van der Waals surface area (Å²) in [5.41, 5.74) is 0.553. The highest BCUT2D eigenvalue weighted by atomic mass is 16.5. The van der Waals surface area contributed by atoms with Gasteiger partial charge in [0.15, 0.2) is 0 Å². The molecule has 0 bridgehead atoms. The van der Waals surface area contributed by atoms with Crippen molar-refractivity contribution in [1.29, 1.82) is 0 Å². The number of furan rings is 1. The second kappa shape index (κ2) is 6.82. The molecule has 2 aromatic heterocycles. The topological polar surface area (TPSA) is 99.1 Å². The quantitative estimate of drug-likeness (QED) is 0.561. The fraction of sp³-hybridized carbons (Fsp3) is 0.222. The second-order valence-electron chi connectivity index (χ2n) is 5.37. The summed E-state index contributed by atoms with van der Waals surface area (Å²) in [5.74, 6) is 0.588. The number of methoxy groups -OCH3 is 1. The van der Waals surface area contributed by atoms with E-state index in [4.69, 9.17) is 23.4 Å². The van der Waals surface area contributed by atoms with Crippen molar-refractivity contribution >= 4 is 16.9 Å². The largest absolute Gasteiger partial charge is 0.497 e. The number of benzene rings is 1. The van der Waals surface area contributed by atoms with Crippen molar-refractivity contribution in [3.63, 3.8) is 0 Å². The first-order valence-electron chi connectivity index (χ1n) is 7.50. The molecule has 0 saturated heterocycles. The summed E-state index contributed by atoms with van der Waals surface area (Å²) in [7, 11) is 1.51. The number of aliphatic hydroxyl groups excluding tert-OH is 1. The molecule has 0 amide bonds. The highest BCUT2D eigenvalue weighted by Crippen LogP contribution is 2.23. The lowest BCUT2D eigenvalue weighted by molar-refractivity contribution is 0.0472. The lowest BCUT2D eigenvalue weighted by Gasteiger charge is -2.08. The minimum Gasteiger partial charge on any atom is -0.497 e. The maximum atomic E-state index is 12.2. The average Bonchev–Trinajstić information content (AvgIpc) is 2.99. The van der Waals surface area contributed by atoms with Crippen LogP contribution in [0.2, 0.25) is 0 Å². The van der Waals surface area contributed by atoms with Crippen LogP contribution >= 0.6 is 0 Å². The third kappa shape index (κ3) is 3.41. The molecule has 0 spiro atoms. The first-order valence-corrected chi connectivity index (χ1v) is 7.50. The van der Waals surface area contributed by atoms with Gasteiger partial charge in [0.05, 0.1) is 7.11 Å². The molecule has 0 aliphatic heterocycles. The summed E-state index contributed by atoms with van der Waals surface area (Å²) in [6.45, 7) is 1.20. The van der Waals surface area contributed by atoms with Crippen molar-refractivity contribution in [1.82, 2.24) is 0 Å². The first-order chi connectivity index (χ1) is 12.0. The summed E-state index contributed by atoms with van der Waals surface area (Å²) in [6.07, 6.45) is 0. The average molecular weight is 344 g/mol. The molecule has 7 heteroatoms. The van der Waals surface area contributed by atoms with Crippen molar-refractivity contribution in [2.24, 2.45) is 0 Å². The molecular weight excluding hydrogens is 328 g/mol. The van der Waals surface area contributed by atoms with E-state index in [1.54, 1.807) is 25.1 Å². The van der Waals surface area contributed by atoms with Gasteiger partial charge in [-0.1, -0.05) is 0 Å².